The average molecular weight is 287 g/mol. The Bertz CT molecular complexity index is 628. The number of methoxy groups -OCH3 is 1. The maximum atomic E-state index is 12.0. The van der Waals surface area contributed by atoms with E-state index in [2.05, 4.69) is 15.6 Å². The third-order valence-electron chi connectivity index (χ3n) is 3.21. The van der Waals surface area contributed by atoms with Crippen LogP contribution in [0, 0.1) is 6.92 Å². The van der Waals surface area contributed by atoms with Gasteiger partial charge in [0.05, 0.1) is 12.1 Å². The number of nitrogens with one attached hydrogen (secondary N) is 2. The van der Waals surface area contributed by atoms with Crippen LogP contribution in [0.2, 0.25) is 0 Å². The number of aromatic nitrogens is 1. The molecule has 21 heavy (non-hydrogen) atoms. The maximum Gasteiger partial charge on any atom is 0.242 e. The molecule has 1 aromatic heterocycles. The number of anilines is 1. The summed E-state index contributed by atoms with van der Waals surface area (Å²) >= 11 is 0. The molecule has 1 heterocycles. The van der Waals surface area contributed by atoms with E-state index < -0.39 is 0 Å². The molecule has 0 aliphatic carbocycles. The highest BCUT2D eigenvalue weighted by molar-refractivity contribution is 5.94. The number of carbonyl (C=O) groups is 1. The van der Waals surface area contributed by atoms with Crippen molar-refractivity contribution in [1.29, 1.82) is 0 Å². The Morgan fingerprint density at radius 2 is 2.14 bits per heavy atom. The minimum absolute atomic E-state index is 0.0504. The largest absolute Gasteiger partial charge is 0.383 e. The second-order valence-electron chi connectivity index (χ2n) is 4.98. The second-order valence-corrected chi connectivity index (χ2v) is 4.98. The quantitative estimate of drug-likeness (QED) is 0.799. The average Bonchev–Trinajstić information content (AvgIpc) is 2.47. The van der Waals surface area contributed by atoms with Crippen molar-refractivity contribution in [3.05, 3.63) is 36.0 Å². The van der Waals surface area contributed by atoms with Crippen LogP contribution in [0.15, 0.2) is 30.3 Å². The van der Waals surface area contributed by atoms with Crippen molar-refractivity contribution in [3.8, 4) is 0 Å². The molecule has 1 amide bonds. The second kappa shape index (κ2) is 7.04. The van der Waals surface area contributed by atoms with Gasteiger partial charge in [0.2, 0.25) is 5.91 Å². The lowest BCUT2D eigenvalue weighted by molar-refractivity contribution is -0.121. The Morgan fingerprint density at radius 1 is 1.38 bits per heavy atom. The van der Waals surface area contributed by atoms with Gasteiger partial charge in [-0.25, -0.2) is 0 Å². The van der Waals surface area contributed by atoms with E-state index in [1.807, 2.05) is 44.2 Å². The van der Waals surface area contributed by atoms with Gasteiger partial charge in [0, 0.05) is 30.4 Å². The van der Waals surface area contributed by atoms with Crippen LogP contribution in [0.4, 0.5) is 5.69 Å². The van der Waals surface area contributed by atoms with Crippen molar-refractivity contribution < 1.29 is 9.53 Å². The number of nitrogens with zero attached hydrogens (tertiary/aromatic N) is 1. The minimum Gasteiger partial charge on any atom is -0.383 e. The lowest BCUT2D eigenvalue weighted by Gasteiger charge is -2.17. The fraction of sp³-hybridized carbons (Fsp3) is 0.375. The Labute approximate surface area is 124 Å². The van der Waals surface area contributed by atoms with Gasteiger partial charge in [-0.15, -0.1) is 0 Å². The van der Waals surface area contributed by atoms with Gasteiger partial charge in [0.15, 0.2) is 0 Å². The van der Waals surface area contributed by atoms with Gasteiger partial charge >= 0.3 is 0 Å². The third kappa shape index (κ3) is 3.92. The first kappa shape index (κ1) is 15.3. The zero-order valence-electron chi connectivity index (χ0n) is 12.6. The van der Waals surface area contributed by atoms with Crippen LogP contribution in [0.1, 0.15) is 12.6 Å². The van der Waals surface area contributed by atoms with Gasteiger partial charge in [-0.3, -0.25) is 9.78 Å². The van der Waals surface area contributed by atoms with Crippen LogP contribution in [-0.4, -0.2) is 37.2 Å². The Balaban J connectivity index is 2.13. The van der Waals surface area contributed by atoms with Gasteiger partial charge in [-0.05, 0) is 26.0 Å². The SMILES string of the molecule is COCCNC(=O)C(C)Nc1cc(C)nc2ccccc12. The standard InChI is InChI=1S/C16H21N3O2/c1-11-10-15(13-6-4-5-7-14(13)18-11)19-12(2)16(20)17-8-9-21-3/h4-7,10,12H,8-9H2,1-3H3,(H,17,20)(H,18,19). The number of amides is 1. The summed E-state index contributed by atoms with van der Waals surface area (Å²) in [5.74, 6) is -0.0504. The molecule has 0 bridgehead atoms. The Hall–Kier alpha value is -2.14. The van der Waals surface area contributed by atoms with E-state index in [0.717, 1.165) is 22.3 Å². The van der Waals surface area contributed by atoms with Gasteiger partial charge in [-0.2, -0.15) is 0 Å². The molecule has 0 spiro atoms. The number of pyridine rings is 1. The lowest BCUT2D eigenvalue weighted by atomic mass is 10.1. The number of fused-ring (bicyclic) bond motifs is 1. The first-order chi connectivity index (χ1) is 10.1. The molecule has 5 nitrogen and oxygen atoms in total. The number of rotatable bonds is 6. The van der Waals surface area contributed by atoms with E-state index in [4.69, 9.17) is 4.74 Å². The lowest BCUT2D eigenvalue weighted by Crippen LogP contribution is -2.39. The van der Waals surface area contributed by atoms with E-state index in [9.17, 15) is 4.79 Å². The molecule has 0 saturated heterocycles. The molecular formula is C16H21N3O2. The van der Waals surface area contributed by atoms with Crippen LogP contribution < -0.4 is 10.6 Å². The molecule has 0 fully saturated rings. The third-order valence-corrected chi connectivity index (χ3v) is 3.21. The van der Waals surface area contributed by atoms with E-state index in [0.29, 0.717) is 13.2 Å². The summed E-state index contributed by atoms with van der Waals surface area (Å²) in [7, 11) is 1.61. The number of para-hydroxylation sites is 1. The van der Waals surface area contributed by atoms with E-state index in [-0.39, 0.29) is 11.9 Å². The summed E-state index contributed by atoms with van der Waals surface area (Å²) in [5.41, 5.74) is 2.77. The van der Waals surface area contributed by atoms with Gasteiger partial charge in [0.25, 0.3) is 0 Å². The van der Waals surface area contributed by atoms with Crippen molar-refractivity contribution in [2.45, 2.75) is 19.9 Å². The molecule has 5 heteroatoms. The summed E-state index contributed by atoms with van der Waals surface area (Å²) in [5, 5.41) is 7.10. The molecule has 2 N–H and O–H groups in total. The first-order valence-electron chi connectivity index (χ1n) is 7.01. The highest BCUT2D eigenvalue weighted by atomic mass is 16.5. The predicted molar refractivity (Wildman–Crippen MR) is 84.5 cm³/mol. The van der Waals surface area contributed by atoms with Crippen LogP contribution in [-0.2, 0) is 9.53 Å². The van der Waals surface area contributed by atoms with E-state index >= 15 is 0 Å². The van der Waals surface area contributed by atoms with Gasteiger partial charge in [0.1, 0.15) is 6.04 Å². The number of benzene rings is 1. The van der Waals surface area contributed by atoms with Crippen molar-refractivity contribution in [2.75, 3.05) is 25.6 Å². The first-order valence-corrected chi connectivity index (χ1v) is 7.01. The number of hydrogen-bond donors (Lipinski definition) is 2. The molecule has 0 aliphatic rings. The topological polar surface area (TPSA) is 63.2 Å². The van der Waals surface area contributed by atoms with Crippen molar-refractivity contribution in [3.63, 3.8) is 0 Å². The zero-order chi connectivity index (χ0) is 15.2. The predicted octanol–water partition coefficient (Wildman–Crippen LogP) is 2.11. The Morgan fingerprint density at radius 3 is 2.90 bits per heavy atom. The van der Waals surface area contributed by atoms with Gasteiger partial charge in [-0.1, -0.05) is 18.2 Å². The molecule has 1 aromatic carbocycles. The fourth-order valence-corrected chi connectivity index (χ4v) is 2.16. The van der Waals surface area contributed by atoms with Crippen LogP contribution in [0.25, 0.3) is 10.9 Å². The number of carbonyl (C=O) groups excluding carboxylic acids is 1. The Kier molecular flexibility index (Phi) is 5.11. The maximum absolute atomic E-state index is 12.0. The summed E-state index contributed by atoms with van der Waals surface area (Å²) in [6.45, 7) is 4.81. The molecule has 2 rings (SSSR count). The smallest absolute Gasteiger partial charge is 0.242 e. The van der Waals surface area contributed by atoms with Crippen molar-refractivity contribution in [2.24, 2.45) is 0 Å². The summed E-state index contributed by atoms with van der Waals surface area (Å²) in [4.78, 5) is 16.5. The van der Waals surface area contributed by atoms with Gasteiger partial charge < -0.3 is 15.4 Å². The molecule has 0 saturated carbocycles. The number of hydrogen-bond acceptors (Lipinski definition) is 4. The van der Waals surface area contributed by atoms with Crippen LogP contribution in [0.3, 0.4) is 0 Å². The summed E-state index contributed by atoms with van der Waals surface area (Å²) < 4.78 is 4.92. The summed E-state index contributed by atoms with van der Waals surface area (Å²) in [6.07, 6.45) is 0. The number of ether oxygens (including phenoxy) is 1. The van der Waals surface area contributed by atoms with Crippen molar-refractivity contribution >= 4 is 22.5 Å². The number of aryl methyl sites for hydroxylation is 1. The molecule has 1 unspecified atom stereocenters. The molecule has 0 radical (unpaired) electrons. The molecular weight excluding hydrogens is 266 g/mol. The highest BCUT2D eigenvalue weighted by Gasteiger charge is 2.13. The zero-order valence-corrected chi connectivity index (χ0v) is 12.6. The fourth-order valence-electron chi connectivity index (χ4n) is 2.16. The van der Waals surface area contributed by atoms with Crippen molar-refractivity contribution in [1.82, 2.24) is 10.3 Å². The van der Waals surface area contributed by atoms with E-state index in [1.165, 1.54) is 0 Å². The van der Waals surface area contributed by atoms with Crippen LogP contribution >= 0.6 is 0 Å². The molecule has 2 aromatic rings. The summed E-state index contributed by atoms with van der Waals surface area (Å²) in [6, 6.07) is 9.53. The monoisotopic (exact) mass is 287 g/mol. The molecule has 0 aliphatic heterocycles. The normalized spacial score (nSPS) is 12.1. The molecule has 112 valence electrons. The minimum atomic E-state index is -0.327. The van der Waals surface area contributed by atoms with Crippen LogP contribution in [0.5, 0.6) is 0 Å². The highest BCUT2D eigenvalue weighted by Crippen LogP contribution is 2.23. The molecule has 1 atom stereocenters. The van der Waals surface area contributed by atoms with E-state index in [1.54, 1.807) is 7.11 Å².